The predicted molar refractivity (Wildman–Crippen MR) is 101 cm³/mol. The van der Waals surface area contributed by atoms with Gasteiger partial charge in [-0.2, -0.15) is 0 Å². The van der Waals surface area contributed by atoms with E-state index in [4.69, 9.17) is 4.42 Å². The second-order valence-corrected chi connectivity index (χ2v) is 7.32. The molecule has 6 nitrogen and oxygen atoms in total. The summed E-state index contributed by atoms with van der Waals surface area (Å²) in [6, 6.07) is 4.09. The van der Waals surface area contributed by atoms with Crippen LogP contribution >= 0.6 is 0 Å². The lowest BCUT2D eigenvalue weighted by molar-refractivity contribution is -0.136. The lowest BCUT2D eigenvalue weighted by Crippen LogP contribution is -2.52. The first kappa shape index (κ1) is 18.7. The highest BCUT2D eigenvalue weighted by molar-refractivity contribution is 5.91. The number of carbonyl (C=O) groups is 2. The molecule has 1 aromatic rings. The summed E-state index contributed by atoms with van der Waals surface area (Å²) < 4.78 is 5.44. The zero-order chi connectivity index (χ0) is 18.5. The first-order chi connectivity index (χ1) is 12.5. The minimum Gasteiger partial charge on any atom is -0.462 e. The molecule has 0 radical (unpaired) electrons. The normalized spacial score (nSPS) is 22.2. The maximum atomic E-state index is 12.5. The zero-order valence-corrected chi connectivity index (χ0v) is 15.8. The molecule has 2 saturated heterocycles. The van der Waals surface area contributed by atoms with Crippen molar-refractivity contribution in [3.8, 4) is 0 Å². The van der Waals surface area contributed by atoms with E-state index in [0.29, 0.717) is 31.4 Å². The van der Waals surface area contributed by atoms with Crippen LogP contribution in [0.1, 0.15) is 37.7 Å². The van der Waals surface area contributed by atoms with Crippen LogP contribution < -0.4 is 0 Å². The van der Waals surface area contributed by atoms with E-state index in [2.05, 4.69) is 11.8 Å². The van der Waals surface area contributed by atoms with Crippen molar-refractivity contribution in [3.05, 3.63) is 29.7 Å². The molecule has 2 aliphatic heterocycles. The zero-order valence-electron chi connectivity index (χ0n) is 15.8. The summed E-state index contributed by atoms with van der Waals surface area (Å²) in [7, 11) is 0. The Hall–Kier alpha value is -2.08. The van der Waals surface area contributed by atoms with Crippen LogP contribution in [0.3, 0.4) is 0 Å². The molecule has 6 heteroatoms. The predicted octanol–water partition coefficient (Wildman–Crippen LogP) is 2.15. The number of likely N-dealkylation sites (tertiary alicyclic amines) is 1. The maximum absolute atomic E-state index is 12.5. The summed E-state index contributed by atoms with van der Waals surface area (Å²) in [6.45, 7) is 8.17. The molecule has 2 fully saturated rings. The molecule has 142 valence electrons. The van der Waals surface area contributed by atoms with Gasteiger partial charge < -0.3 is 14.2 Å². The number of nitrogens with zero attached hydrogens (tertiary/aromatic N) is 3. The van der Waals surface area contributed by atoms with Gasteiger partial charge in [0.2, 0.25) is 11.8 Å². The number of hydrogen-bond donors (Lipinski definition) is 0. The molecule has 0 bridgehead atoms. The van der Waals surface area contributed by atoms with Gasteiger partial charge in [-0.25, -0.2) is 0 Å². The first-order valence-electron chi connectivity index (χ1n) is 9.58. The number of carbonyl (C=O) groups excluding carboxylic acids is 2. The second-order valence-electron chi connectivity index (χ2n) is 7.32. The molecule has 2 aliphatic rings. The standard InChI is InChI=1S/C20H29N3O3/c1-16-5-3-4-10-23(16)20(25)15-21-11-13-22(14-12-21)19(24)9-8-18-7-6-17(2)26-18/h6-9,16H,3-5,10-15H2,1-2H3/b9-8+. The summed E-state index contributed by atoms with van der Waals surface area (Å²) in [6.07, 6.45) is 6.71. The van der Waals surface area contributed by atoms with Crippen LogP contribution in [0.5, 0.6) is 0 Å². The van der Waals surface area contributed by atoms with E-state index in [1.165, 1.54) is 6.42 Å². The van der Waals surface area contributed by atoms with Crippen LogP contribution in [0.2, 0.25) is 0 Å². The average Bonchev–Trinajstić information content (AvgIpc) is 3.06. The highest BCUT2D eigenvalue weighted by Crippen LogP contribution is 2.17. The Morgan fingerprint density at radius 2 is 1.92 bits per heavy atom. The Morgan fingerprint density at radius 3 is 2.58 bits per heavy atom. The Kier molecular flexibility index (Phi) is 6.14. The topological polar surface area (TPSA) is 57.0 Å². The maximum Gasteiger partial charge on any atom is 0.246 e. The van der Waals surface area contributed by atoms with Gasteiger partial charge in [0.05, 0.1) is 6.54 Å². The molecule has 1 unspecified atom stereocenters. The van der Waals surface area contributed by atoms with E-state index in [1.54, 1.807) is 12.2 Å². The van der Waals surface area contributed by atoms with Crippen LogP contribution in [0.4, 0.5) is 0 Å². The van der Waals surface area contributed by atoms with Crippen molar-refractivity contribution >= 4 is 17.9 Å². The van der Waals surface area contributed by atoms with Gasteiger partial charge in [0.25, 0.3) is 0 Å². The molecule has 0 aromatic carbocycles. The number of furan rings is 1. The van der Waals surface area contributed by atoms with Crippen LogP contribution in [-0.2, 0) is 9.59 Å². The van der Waals surface area contributed by atoms with Crippen LogP contribution in [-0.4, -0.2) is 71.8 Å². The summed E-state index contributed by atoms with van der Waals surface area (Å²) >= 11 is 0. The summed E-state index contributed by atoms with van der Waals surface area (Å²) in [4.78, 5) is 30.8. The Balaban J connectivity index is 1.44. The highest BCUT2D eigenvalue weighted by atomic mass is 16.3. The van der Waals surface area contributed by atoms with Crippen molar-refractivity contribution in [3.63, 3.8) is 0 Å². The summed E-state index contributed by atoms with van der Waals surface area (Å²) in [5.74, 6) is 1.74. The third-order valence-corrected chi connectivity index (χ3v) is 5.32. The molecular weight excluding hydrogens is 330 g/mol. The van der Waals surface area contributed by atoms with Gasteiger partial charge in [0, 0.05) is 44.8 Å². The largest absolute Gasteiger partial charge is 0.462 e. The third-order valence-electron chi connectivity index (χ3n) is 5.32. The molecule has 0 saturated carbocycles. The lowest BCUT2D eigenvalue weighted by Gasteiger charge is -2.37. The molecule has 26 heavy (non-hydrogen) atoms. The molecule has 0 aliphatic carbocycles. The fourth-order valence-corrected chi connectivity index (χ4v) is 3.68. The van der Waals surface area contributed by atoms with Crippen molar-refractivity contribution < 1.29 is 14.0 Å². The van der Waals surface area contributed by atoms with Crippen LogP contribution in [0.25, 0.3) is 6.08 Å². The molecular formula is C20H29N3O3. The monoisotopic (exact) mass is 359 g/mol. The Bertz CT molecular complexity index is 659. The quantitative estimate of drug-likeness (QED) is 0.773. The van der Waals surface area contributed by atoms with Gasteiger partial charge in [-0.15, -0.1) is 0 Å². The number of aryl methyl sites for hydroxylation is 1. The first-order valence-corrected chi connectivity index (χ1v) is 9.58. The number of piperazine rings is 1. The SMILES string of the molecule is Cc1ccc(/C=C/C(=O)N2CCN(CC(=O)N3CCCCC3C)CC2)o1. The van der Waals surface area contributed by atoms with E-state index in [-0.39, 0.29) is 11.8 Å². The van der Waals surface area contributed by atoms with Gasteiger partial charge in [0.15, 0.2) is 0 Å². The third kappa shape index (κ3) is 4.75. The highest BCUT2D eigenvalue weighted by Gasteiger charge is 2.26. The molecule has 3 rings (SSSR count). The summed E-state index contributed by atoms with van der Waals surface area (Å²) in [5.41, 5.74) is 0. The fourth-order valence-electron chi connectivity index (χ4n) is 3.68. The van der Waals surface area contributed by atoms with E-state index in [9.17, 15) is 9.59 Å². The molecule has 1 atom stereocenters. The minimum atomic E-state index is -0.00492. The number of piperidine rings is 1. The second kappa shape index (κ2) is 8.54. The van der Waals surface area contributed by atoms with Crippen molar-refractivity contribution in [2.75, 3.05) is 39.3 Å². The van der Waals surface area contributed by atoms with E-state index < -0.39 is 0 Å². The smallest absolute Gasteiger partial charge is 0.246 e. The van der Waals surface area contributed by atoms with Gasteiger partial charge in [-0.1, -0.05) is 0 Å². The van der Waals surface area contributed by atoms with Crippen molar-refractivity contribution in [1.29, 1.82) is 0 Å². The van der Waals surface area contributed by atoms with Gasteiger partial charge >= 0.3 is 0 Å². The van der Waals surface area contributed by atoms with E-state index >= 15 is 0 Å². The molecule has 0 N–H and O–H groups in total. The number of hydrogen-bond acceptors (Lipinski definition) is 4. The van der Waals surface area contributed by atoms with Crippen molar-refractivity contribution in [2.24, 2.45) is 0 Å². The van der Waals surface area contributed by atoms with Crippen LogP contribution in [0, 0.1) is 6.92 Å². The van der Waals surface area contributed by atoms with E-state index in [0.717, 1.165) is 38.2 Å². The lowest BCUT2D eigenvalue weighted by atomic mass is 10.0. The van der Waals surface area contributed by atoms with Gasteiger partial charge in [-0.05, 0) is 51.3 Å². The van der Waals surface area contributed by atoms with Gasteiger partial charge in [-0.3, -0.25) is 14.5 Å². The Morgan fingerprint density at radius 1 is 1.15 bits per heavy atom. The number of rotatable bonds is 4. The minimum absolute atomic E-state index is 0.00492. The van der Waals surface area contributed by atoms with Gasteiger partial charge in [0.1, 0.15) is 11.5 Å². The average molecular weight is 359 g/mol. The van der Waals surface area contributed by atoms with E-state index in [1.807, 2.05) is 28.9 Å². The molecule has 2 amide bonds. The van der Waals surface area contributed by atoms with Crippen molar-refractivity contribution in [2.45, 2.75) is 39.2 Å². The van der Waals surface area contributed by atoms with Crippen LogP contribution in [0.15, 0.2) is 22.6 Å². The number of amides is 2. The molecule has 1 aromatic heterocycles. The molecule has 0 spiro atoms. The summed E-state index contributed by atoms with van der Waals surface area (Å²) in [5, 5.41) is 0. The fraction of sp³-hybridized carbons (Fsp3) is 0.600. The molecule has 3 heterocycles. The van der Waals surface area contributed by atoms with Crippen molar-refractivity contribution in [1.82, 2.24) is 14.7 Å². The Labute approximate surface area is 155 Å².